The Morgan fingerprint density at radius 2 is 1.78 bits per heavy atom. The van der Waals surface area contributed by atoms with Gasteiger partial charge in [0.1, 0.15) is 19.3 Å². The lowest BCUT2D eigenvalue weighted by Crippen LogP contribution is -2.45. The number of hydrogen-bond acceptors (Lipinski definition) is 4. The van der Waals surface area contributed by atoms with Crippen molar-refractivity contribution in [2.24, 2.45) is 5.92 Å². The van der Waals surface area contributed by atoms with Crippen molar-refractivity contribution in [3.63, 3.8) is 0 Å². The molecule has 0 fully saturated rings. The molecular formula is C18H25NO4. The summed E-state index contributed by atoms with van der Waals surface area (Å²) in [5.74, 6) is -0.562. The fourth-order valence-electron chi connectivity index (χ4n) is 1.77. The molecule has 0 aromatic heterocycles. The van der Waals surface area contributed by atoms with E-state index in [9.17, 15) is 9.59 Å². The van der Waals surface area contributed by atoms with Crippen molar-refractivity contribution in [1.29, 1.82) is 0 Å². The predicted octanol–water partition coefficient (Wildman–Crippen LogP) is 3.45. The van der Waals surface area contributed by atoms with Gasteiger partial charge in [0, 0.05) is 0 Å². The van der Waals surface area contributed by atoms with E-state index < -0.39 is 18.1 Å². The highest BCUT2D eigenvalue weighted by Crippen LogP contribution is 2.06. The van der Waals surface area contributed by atoms with E-state index in [2.05, 4.69) is 5.32 Å². The number of carbonyl (C=O) groups is 2. The first-order valence-electron chi connectivity index (χ1n) is 7.67. The van der Waals surface area contributed by atoms with Crippen molar-refractivity contribution < 1.29 is 19.1 Å². The Bertz CT molecular complexity index is 533. The van der Waals surface area contributed by atoms with Gasteiger partial charge in [-0.2, -0.15) is 0 Å². The van der Waals surface area contributed by atoms with Crippen LogP contribution < -0.4 is 5.32 Å². The molecule has 0 aliphatic rings. The Morgan fingerprint density at radius 3 is 2.35 bits per heavy atom. The number of allylic oxidation sites excluding steroid dienone is 1. The van der Waals surface area contributed by atoms with Crippen molar-refractivity contribution in [3.8, 4) is 0 Å². The average molecular weight is 319 g/mol. The molecule has 0 bridgehead atoms. The van der Waals surface area contributed by atoms with Crippen LogP contribution in [-0.4, -0.2) is 24.7 Å². The highest BCUT2D eigenvalue weighted by molar-refractivity contribution is 5.81. The Balaban J connectivity index is 2.49. The first-order chi connectivity index (χ1) is 10.9. The Hall–Kier alpha value is -2.30. The minimum Gasteiger partial charge on any atom is -0.460 e. The van der Waals surface area contributed by atoms with Gasteiger partial charge in [-0.1, -0.05) is 49.8 Å². The van der Waals surface area contributed by atoms with Crippen LogP contribution in [0.4, 0.5) is 4.79 Å². The van der Waals surface area contributed by atoms with Gasteiger partial charge in [0.15, 0.2) is 0 Å². The first-order valence-corrected chi connectivity index (χ1v) is 7.67. The predicted molar refractivity (Wildman–Crippen MR) is 88.8 cm³/mol. The molecule has 126 valence electrons. The monoisotopic (exact) mass is 319 g/mol. The van der Waals surface area contributed by atoms with Crippen LogP contribution in [0.15, 0.2) is 42.0 Å². The number of rotatable bonds is 7. The SMILES string of the molecule is CC(C)=CCOC(=O)[C@@H](NC(=O)OCc1ccccc1)C(C)C. The Labute approximate surface area is 137 Å². The number of nitrogens with one attached hydrogen (secondary N) is 1. The number of alkyl carbamates (subject to hydrolysis) is 1. The summed E-state index contributed by atoms with van der Waals surface area (Å²) in [6, 6.07) is 8.62. The van der Waals surface area contributed by atoms with E-state index in [1.807, 2.05) is 64.1 Å². The van der Waals surface area contributed by atoms with Crippen LogP contribution in [0.2, 0.25) is 0 Å². The summed E-state index contributed by atoms with van der Waals surface area (Å²) in [4.78, 5) is 23.9. The second-order valence-electron chi connectivity index (χ2n) is 5.84. The van der Waals surface area contributed by atoms with Crippen LogP contribution in [0.1, 0.15) is 33.3 Å². The van der Waals surface area contributed by atoms with Crippen LogP contribution in [0, 0.1) is 5.92 Å². The number of amides is 1. The molecule has 0 heterocycles. The van der Waals surface area contributed by atoms with Gasteiger partial charge in [-0.25, -0.2) is 9.59 Å². The Morgan fingerprint density at radius 1 is 1.13 bits per heavy atom. The molecule has 0 aliphatic heterocycles. The van der Waals surface area contributed by atoms with Gasteiger partial charge in [-0.3, -0.25) is 0 Å². The summed E-state index contributed by atoms with van der Waals surface area (Å²) in [5.41, 5.74) is 1.95. The van der Waals surface area contributed by atoms with E-state index in [1.54, 1.807) is 0 Å². The molecule has 0 spiro atoms. The minimum absolute atomic E-state index is 0.0986. The molecule has 1 amide bonds. The smallest absolute Gasteiger partial charge is 0.408 e. The van der Waals surface area contributed by atoms with Crippen molar-refractivity contribution >= 4 is 12.1 Å². The average Bonchev–Trinajstić information content (AvgIpc) is 2.50. The largest absolute Gasteiger partial charge is 0.460 e. The minimum atomic E-state index is -0.733. The highest BCUT2D eigenvalue weighted by Gasteiger charge is 2.26. The summed E-state index contributed by atoms with van der Waals surface area (Å²) >= 11 is 0. The number of hydrogen-bond donors (Lipinski definition) is 1. The molecule has 5 nitrogen and oxygen atoms in total. The highest BCUT2D eigenvalue weighted by atomic mass is 16.6. The van der Waals surface area contributed by atoms with E-state index in [0.29, 0.717) is 0 Å². The second kappa shape index (κ2) is 9.66. The maximum Gasteiger partial charge on any atom is 0.408 e. The molecular weight excluding hydrogens is 294 g/mol. The second-order valence-corrected chi connectivity index (χ2v) is 5.84. The molecule has 1 aromatic carbocycles. The fraction of sp³-hybridized carbons (Fsp3) is 0.444. The van der Waals surface area contributed by atoms with E-state index in [-0.39, 0.29) is 19.1 Å². The standard InChI is InChI=1S/C18H25NO4/c1-13(2)10-11-22-17(20)16(14(3)4)19-18(21)23-12-15-8-6-5-7-9-15/h5-10,14,16H,11-12H2,1-4H3,(H,19,21)/t16-/m0/s1. The molecule has 0 unspecified atom stereocenters. The molecule has 5 heteroatoms. The van der Waals surface area contributed by atoms with Gasteiger partial charge in [0.05, 0.1) is 0 Å². The third kappa shape index (κ3) is 7.49. The van der Waals surface area contributed by atoms with Gasteiger partial charge in [-0.15, -0.1) is 0 Å². The fourth-order valence-corrected chi connectivity index (χ4v) is 1.77. The van der Waals surface area contributed by atoms with Crippen molar-refractivity contribution in [3.05, 3.63) is 47.5 Å². The molecule has 0 saturated carbocycles. The summed E-state index contributed by atoms with van der Waals surface area (Å²) < 4.78 is 10.3. The normalized spacial score (nSPS) is 11.5. The van der Waals surface area contributed by atoms with Gasteiger partial charge in [-0.05, 0) is 31.4 Å². The number of esters is 1. The van der Waals surface area contributed by atoms with Gasteiger partial charge in [0.25, 0.3) is 0 Å². The summed E-state index contributed by atoms with van der Waals surface area (Å²) in [6.07, 6.45) is 1.18. The third-order valence-corrected chi connectivity index (χ3v) is 3.12. The maximum atomic E-state index is 12.1. The van der Waals surface area contributed by atoms with E-state index in [0.717, 1.165) is 11.1 Å². The topological polar surface area (TPSA) is 64.6 Å². The van der Waals surface area contributed by atoms with Gasteiger partial charge < -0.3 is 14.8 Å². The van der Waals surface area contributed by atoms with E-state index >= 15 is 0 Å². The summed E-state index contributed by atoms with van der Waals surface area (Å²) in [5, 5.41) is 2.57. The zero-order chi connectivity index (χ0) is 17.2. The molecule has 23 heavy (non-hydrogen) atoms. The van der Waals surface area contributed by atoms with Gasteiger partial charge >= 0.3 is 12.1 Å². The molecule has 0 saturated heterocycles. The lowest BCUT2D eigenvalue weighted by molar-refractivity contribution is -0.146. The van der Waals surface area contributed by atoms with Crippen LogP contribution >= 0.6 is 0 Å². The van der Waals surface area contributed by atoms with Crippen LogP contribution in [0.3, 0.4) is 0 Å². The molecule has 1 N–H and O–H groups in total. The lowest BCUT2D eigenvalue weighted by atomic mass is 10.1. The van der Waals surface area contributed by atoms with Crippen LogP contribution in [0.25, 0.3) is 0 Å². The molecule has 1 aromatic rings. The van der Waals surface area contributed by atoms with Crippen molar-refractivity contribution in [1.82, 2.24) is 5.32 Å². The zero-order valence-corrected chi connectivity index (χ0v) is 14.2. The first kappa shape index (κ1) is 18.7. The van der Waals surface area contributed by atoms with Crippen molar-refractivity contribution in [2.45, 2.75) is 40.3 Å². The van der Waals surface area contributed by atoms with Gasteiger partial charge in [0.2, 0.25) is 0 Å². The Kier molecular flexibility index (Phi) is 7.88. The number of benzene rings is 1. The van der Waals surface area contributed by atoms with E-state index in [4.69, 9.17) is 9.47 Å². The van der Waals surface area contributed by atoms with Crippen LogP contribution in [-0.2, 0) is 20.9 Å². The summed E-state index contributed by atoms with van der Waals surface area (Å²) in [6.45, 7) is 7.88. The lowest BCUT2D eigenvalue weighted by Gasteiger charge is -2.20. The maximum absolute atomic E-state index is 12.1. The van der Waals surface area contributed by atoms with E-state index in [1.165, 1.54) is 0 Å². The molecule has 0 radical (unpaired) electrons. The third-order valence-electron chi connectivity index (χ3n) is 3.12. The van der Waals surface area contributed by atoms with Crippen molar-refractivity contribution in [2.75, 3.05) is 6.61 Å². The zero-order valence-electron chi connectivity index (χ0n) is 14.2. The summed E-state index contributed by atoms with van der Waals surface area (Å²) in [7, 11) is 0. The quantitative estimate of drug-likeness (QED) is 0.617. The number of carbonyl (C=O) groups excluding carboxylic acids is 2. The molecule has 1 rings (SSSR count). The molecule has 0 aliphatic carbocycles. The number of ether oxygens (including phenoxy) is 2. The molecule has 1 atom stereocenters. The van der Waals surface area contributed by atoms with Crippen LogP contribution in [0.5, 0.6) is 0 Å².